The van der Waals surface area contributed by atoms with E-state index in [1.807, 2.05) is 23.9 Å². The summed E-state index contributed by atoms with van der Waals surface area (Å²) in [6.45, 7) is 4.44. The number of benzene rings is 1. The highest BCUT2D eigenvalue weighted by Gasteiger charge is 2.25. The number of hydrogen-bond donors (Lipinski definition) is 0. The number of rotatable bonds is 3. The van der Waals surface area contributed by atoms with Gasteiger partial charge in [-0.1, -0.05) is 6.07 Å². The standard InChI is InChI=1S/C11H15IOS/c1-11(2,14-4)10-8(12)6-5-7-9(10)13-3/h5-7H,1-4H3. The van der Waals surface area contributed by atoms with Crippen molar-refractivity contribution >= 4 is 34.4 Å². The zero-order chi connectivity index (χ0) is 10.8. The molecule has 14 heavy (non-hydrogen) atoms. The van der Waals surface area contributed by atoms with Crippen LogP contribution < -0.4 is 4.74 Å². The molecule has 0 radical (unpaired) electrons. The van der Waals surface area contributed by atoms with Crippen molar-refractivity contribution in [2.24, 2.45) is 0 Å². The Balaban J connectivity index is 3.30. The largest absolute Gasteiger partial charge is 0.496 e. The van der Waals surface area contributed by atoms with Crippen LogP contribution in [0.1, 0.15) is 19.4 Å². The number of halogens is 1. The van der Waals surface area contributed by atoms with Gasteiger partial charge in [0.15, 0.2) is 0 Å². The third kappa shape index (κ3) is 2.37. The lowest BCUT2D eigenvalue weighted by Crippen LogP contribution is -2.14. The Morgan fingerprint density at radius 1 is 1.36 bits per heavy atom. The maximum Gasteiger partial charge on any atom is 0.124 e. The molecule has 3 heteroatoms. The van der Waals surface area contributed by atoms with Gasteiger partial charge >= 0.3 is 0 Å². The molecule has 1 aromatic carbocycles. The molecular formula is C11H15IOS. The lowest BCUT2D eigenvalue weighted by molar-refractivity contribution is 0.405. The summed E-state index contributed by atoms with van der Waals surface area (Å²) in [5.41, 5.74) is 1.29. The minimum atomic E-state index is 0.100. The Kier molecular flexibility index (Phi) is 4.13. The van der Waals surface area contributed by atoms with Crippen molar-refractivity contribution < 1.29 is 4.74 Å². The van der Waals surface area contributed by atoms with Gasteiger partial charge in [0.05, 0.1) is 7.11 Å². The minimum Gasteiger partial charge on any atom is -0.496 e. The number of ether oxygens (including phenoxy) is 1. The number of hydrogen-bond acceptors (Lipinski definition) is 2. The zero-order valence-electron chi connectivity index (χ0n) is 8.93. The molecule has 78 valence electrons. The van der Waals surface area contributed by atoms with Crippen molar-refractivity contribution in [1.82, 2.24) is 0 Å². The van der Waals surface area contributed by atoms with Gasteiger partial charge in [0, 0.05) is 13.9 Å². The molecule has 0 aromatic heterocycles. The van der Waals surface area contributed by atoms with E-state index in [1.54, 1.807) is 7.11 Å². The molecule has 0 fully saturated rings. The van der Waals surface area contributed by atoms with Crippen LogP contribution in [0.3, 0.4) is 0 Å². The Morgan fingerprint density at radius 2 is 2.00 bits per heavy atom. The highest BCUT2D eigenvalue weighted by atomic mass is 127. The molecule has 0 bridgehead atoms. The molecule has 0 aliphatic heterocycles. The van der Waals surface area contributed by atoms with E-state index in [0.717, 1.165) is 5.75 Å². The van der Waals surface area contributed by atoms with E-state index >= 15 is 0 Å². The predicted octanol–water partition coefficient (Wildman–Crippen LogP) is 3.90. The molecule has 0 aliphatic rings. The Bertz CT molecular complexity index is 323. The number of thioether (sulfide) groups is 1. The smallest absolute Gasteiger partial charge is 0.124 e. The van der Waals surface area contributed by atoms with E-state index < -0.39 is 0 Å². The molecule has 0 aliphatic carbocycles. The average Bonchev–Trinajstić information content (AvgIpc) is 2.17. The fourth-order valence-electron chi connectivity index (χ4n) is 1.36. The van der Waals surface area contributed by atoms with Crippen molar-refractivity contribution in [1.29, 1.82) is 0 Å². The molecule has 0 atom stereocenters. The van der Waals surface area contributed by atoms with Gasteiger partial charge in [-0.15, -0.1) is 0 Å². The monoisotopic (exact) mass is 322 g/mol. The van der Waals surface area contributed by atoms with Crippen LogP contribution in [0.15, 0.2) is 18.2 Å². The molecule has 0 amide bonds. The third-order valence-corrected chi connectivity index (χ3v) is 4.43. The van der Waals surface area contributed by atoms with Crippen LogP contribution in [0, 0.1) is 3.57 Å². The van der Waals surface area contributed by atoms with Crippen molar-refractivity contribution in [3.8, 4) is 5.75 Å². The highest BCUT2D eigenvalue weighted by molar-refractivity contribution is 14.1. The summed E-state index contributed by atoms with van der Waals surface area (Å²) in [6, 6.07) is 6.17. The van der Waals surface area contributed by atoms with Crippen LogP contribution in [-0.4, -0.2) is 13.4 Å². The van der Waals surface area contributed by atoms with Crippen molar-refractivity contribution in [2.45, 2.75) is 18.6 Å². The van der Waals surface area contributed by atoms with Gasteiger partial charge < -0.3 is 4.74 Å². The Hall–Kier alpha value is 0.1000. The van der Waals surface area contributed by atoms with Crippen LogP contribution in [0.5, 0.6) is 5.75 Å². The Labute approximate surface area is 104 Å². The van der Waals surface area contributed by atoms with E-state index in [9.17, 15) is 0 Å². The lowest BCUT2D eigenvalue weighted by atomic mass is 10.0. The molecular weight excluding hydrogens is 307 g/mol. The van der Waals surface area contributed by atoms with Crippen LogP contribution in [0.4, 0.5) is 0 Å². The predicted molar refractivity (Wildman–Crippen MR) is 72.3 cm³/mol. The summed E-state index contributed by atoms with van der Waals surface area (Å²) in [4.78, 5) is 0. The second-order valence-electron chi connectivity index (χ2n) is 3.53. The van der Waals surface area contributed by atoms with Gasteiger partial charge in [0.1, 0.15) is 5.75 Å². The second kappa shape index (κ2) is 4.75. The minimum absolute atomic E-state index is 0.100. The molecule has 0 spiro atoms. The van der Waals surface area contributed by atoms with Crippen LogP contribution >= 0.6 is 34.4 Å². The third-order valence-electron chi connectivity index (χ3n) is 2.31. The van der Waals surface area contributed by atoms with Gasteiger partial charge in [-0.3, -0.25) is 0 Å². The first-order valence-electron chi connectivity index (χ1n) is 4.41. The van der Waals surface area contributed by atoms with E-state index in [2.05, 4.69) is 48.8 Å². The van der Waals surface area contributed by atoms with Crippen LogP contribution in [-0.2, 0) is 4.75 Å². The quantitative estimate of drug-likeness (QED) is 0.781. The van der Waals surface area contributed by atoms with E-state index in [0.29, 0.717) is 0 Å². The van der Waals surface area contributed by atoms with E-state index in [1.165, 1.54) is 9.13 Å². The number of methoxy groups -OCH3 is 1. The summed E-state index contributed by atoms with van der Waals surface area (Å²) >= 11 is 4.20. The van der Waals surface area contributed by atoms with Crippen LogP contribution in [0.2, 0.25) is 0 Å². The summed E-state index contributed by atoms with van der Waals surface area (Å²) in [5.74, 6) is 0.983. The zero-order valence-corrected chi connectivity index (χ0v) is 11.9. The SMILES string of the molecule is COc1cccc(I)c1C(C)(C)SC. The van der Waals surface area contributed by atoms with E-state index in [4.69, 9.17) is 4.74 Å². The Morgan fingerprint density at radius 3 is 2.50 bits per heavy atom. The molecule has 0 heterocycles. The highest BCUT2D eigenvalue weighted by Crippen LogP contribution is 2.41. The molecule has 0 saturated heterocycles. The van der Waals surface area contributed by atoms with Crippen LogP contribution in [0.25, 0.3) is 0 Å². The van der Waals surface area contributed by atoms with Crippen molar-refractivity contribution in [2.75, 3.05) is 13.4 Å². The average molecular weight is 322 g/mol. The summed E-state index contributed by atoms with van der Waals surface area (Å²) < 4.78 is 6.76. The molecule has 1 rings (SSSR count). The first kappa shape index (κ1) is 12.2. The fraction of sp³-hybridized carbons (Fsp3) is 0.455. The van der Waals surface area contributed by atoms with Crippen molar-refractivity contribution in [3.63, 3.8) is 0 Å². The van der Waals surface area contributed by atoms with Crippen molar-refractivity contribution in [3.05, 3.63) is 27.3 Å². The van der Waals surface area contributed by atoms with Gasteiger partial charge in [-0.05, 0) is 54.8 Å². The fourth-order valence-corrected chi connectivity index (χ4v) is 3.11. The van der Waals surface area contributed by atoms with Gasteiger partial charge in [0.2, 0.25) is 0 Å². The molecule has 0 N–H and O–H groups in total. The molecule has 1 nitrogen and oxygen atoms in total. The van der Waals surface area contributed by atoms with Gasteiger partial charge in [-0.25, -0.2) is 0 Å². The summed E-state index contributed by atoms with van der Waals surface area (Å²) in [5, 5.41) is 0. The molecule has 0 saturated carbocycles. The maximum absolute atomic E-state index is 5.40. The maximum atomic E-state index is 5.40. The summed E-state index contributed by atoms with van der Waals surface area (Å²) in [7, 11) is 1.73. The van der Waals surface area contributed by atoms with Gasteiger partial charge in [-0.2, -0.15) is 11.8 Å². The van der Waals surface area contributed by atoms with E-state index in [-0.39, 0.29) is 4.75 Å². The molecule has 1 aromatic rings. The normalized spacial score (nSPS) is 11.5. The lowest BCUT2D eigenvalue weighted by Gasteiger charge is -2.26. The first-order valence-corrected chi connectivity index (χ1v) is 6.71. The first-order chi connectivity index (χ1) is 6.53. The topological polar surface area (TPSA) is 9.23 Å². The molecule has 0 unspecified atom stereocenters. The van der Waals surface area contributed by atoms with Gasteiger partial charge in [0.25, 0.3) is 0 Å². The summed E-state index contributed by atoms with van der Waals surface area (Å²) in [6.07, 6.45) is 2.13. The second-order valence-corrected chi connectivity index (χ2v) is 6.12.